The monoisotopic (exact) mass is 119 g/mol. The van der Waals surface area contributed by atoms with E-state index < -0.39 is 0 Å². The van der Waals surface area contributed by atoms with Crippen LogP contribution >= 0.6 is 11.8 Å². The molecule has 0 spiro atoms. The van der Waals surface area contributed by atoms with Crippen molar-refractivity contribution in [2.75, 3.05) is 13.4 Å². The molecule has 0 aromatic carbocycles. The molecule has 0 saturated heterocycles. The van der Waals surface area contributed by atoms with Crippen molar-refractivity contribution in [3.05, 3.63) is 5.75 Å². The maximum absolute atomic E-state index is 10.1. The van der Waals surface area contributed by atoms with Crippen LogP contribution in [0.15, 0.2) is 0 Å². The Kier molecular flexibility index (Phi) is 3.89. The number of methoxy groups -OCH3 is 1. The molecular formula is C4H7O2S. The van der Waals surface area contributed by atoms with Crippen LogP contribution in [-0.4, -0.2) is 19.3 Å². The normalized spacial score (nSPS) is 8.29. The van der Waals surface area contributed by atoms with E-state index in [0.29, 0.717) is 0 Å². The van der Waals surface area contributed by atoms with E-state index in [-0.39, 0.29) is 5.97 Å². The number of carbonyl (C=O) groups is 1. The summed E-state index contributed by atoms with van der Waals surface area (Å²) in [5, 5.41) is 0. The predicted molar refractivity (Wildman–Crippen MR) is 29.8 cm³/mol. The van der Waals surface area contributed by atoms with Crippen molar-refractivity contribution >= 4 is 17.7 Å². The number of hydrogen-bond donors (Lipinski definition) is 0. The molecule has 0 aliphatic heterocycles. The van der Waals surface area contributed by atoms with Gasteiger partial charge in [0.25, 0.3) is 0 Å². The van der Waals surface area contributed by atoms with E-state index in [0.717, 1.165) is 0 Å². The third-order valence-electron chi connectivity index (χ3n) is 0.415. The number of carbonyl (C=O) groups excluding carboxylic acids is 1. The second kappa shape index (κ2) is 3.99. The maximum atomic E-state index is 10.1. The molecule has 0 aromatic rings. The van der Waals surface area contributed by atoms with Crippen LogP contribution in [0.1, 0.15) is 0 Å². The van der Waals surface area contributed by atoms with Crippen LogP contribution in [0.2, 0.25) is 0 Å². The Morgan fingerprint density at radius 2 is 2.43 bits per heavy atom. The van der Waals surface area contributed by atoms with Gasteiger partial charge in [-0.2, -0.15) is 0 Å². The molecule has 0 amide bonds. The van der Waals surface area contributed by atoms with E-state index in [9.17, 15) is 4.79 Å². The van der Waals surface area contributed by atoms with Gasteiger partial charge in [0.2, 0.25) is 0 Å². The summed E-state index contributed by atoms with van der Waals surface area (Å²) in [6.45, 7) is 0. The standard InChI is InChI=1S/C4H7O2S/c1-6-4(5)3-7-2/h3H,1-2H3. The summed E-state index contributed by atoms with van der Waals surface area (Å²) >= 11 is 1.33. The van der Waals surface area contributed by atoms with Crippen LogP contribution in [0.3, 0.4) is 0 Å². The zero-order valence-electron chi connectivity index (χ0n) is 4.30. The van der Waals surface area contributed by atoms with Gasteiger partial charge in [0.15, 0.2) is 0 Å². The van der Waals surface area contributed by atoms with Crippen molar-refractivity contribution in [2.24, 2.45) is 0 Å². The molecule has 0 aromatic heterocycles. The summed E-state index contributed by atoms with van der Waals surface area (Å²) in [6, 6.07) is 0. The second-order valence-electron chi connectivity index (χ2n) is 0.877. The molecule has 0 heterocycles. The molecule has 0 N–H and O–H groups in total. The number of esters is 1. The fraction of sp³-hybridized carbons (Fsp3) is 0.500. The number of hydrogen-bond acceptors (Lipinski definition) is 3. The fourth-order valence-corrected chi connectivity index (χ4v) is 0.433. The minimum Gasteiger partial charge on any atom is -0.468 e. The van der Waals surface area contributed by atoms with Crippen molar-refractivity contribution < 1.29 is 9.53 Å². The quantitative estimate of drug-likeness (QED) is 0.500. The molecule has 41 valence electrons. The number of thioether (sulfide) groups is 1. The van der Waals surface area contributed by atoms with E-state index in [4.69, 9.17) is 0 Å². The molecular weight excluding hydrogens is 112 g/mol. The summed E-state index contributed by atoms with van der Waals surface area (Å²) in [7, 11) is 1.36. The highest BCUT2D eigenvalue weighted by Gasteiger charge is 1.94. The van der Waals surface area contributed by atoms with E-state index >= 15 is 0 Å². The molecule has 0 saturated carbocycles. The van der Waals surface area contributed by atoms with Gasteiger partial charge in [-0.1, -0.05) is 0 Å². The highest BCUT2D eigenvalue weighted by molar-refractivity contribution is 8.01. The molecule has 7 heavy (non-hydrogen) atoms. The summed E-state index contributed by atoms with van der Waals surface area (Å²) in [5.41, 5.74) is 0. The van der Waals surface area contributed by atoms with Gasteiger partial charge in [-0.3, -0.25) is 4.79 Å². The smallest absolute Gasteiger partial charge is 0.320 e. The van der Waals surface area contributed by atoms with Crippen LogP contribution < -0.4 is 0 Å². The van der Waals surface area contributed by atoms with Crippen LogP contribution in [0, 0.1) is 5.75 Å². The van der Waals surface area contributed by atoms with E-state index in [1.165, 1.54) is 24.6 Å². The lowest BCUT2D eigenvalue weighted by molar-refractivity contribution is -0.135. The molecule has 0 unspecified atom stereocenters. The van der Waals surface area contributed by atoms with Gasteiger partial charge in [0.05, 0.1) is 7.11 Å². The largest absolute Gasteiger partial charge is 0.468 e. The Hall–Kier alpha value is -0.180. The van der Waals surface area contributed by atoms with Gasteiger partial charge >= 0.3 is 5.97 Å². The Balaban J connectivity index is 3.00. The summed E-state index contributed by atoms with van der Waals surface area (Å²) in [4.78, 5) is 10.1. The van der Waals surface area contributed by atoms with Crippen molar-refractivity contribution in [2.45, 2.75) is 0 Å². The van der Waals surface area contributed by atoms with Gasteiger partial charge in [0, 0.05) is 0 Å². The second-order valence-corrected chi connectivity index (χ2v) is 1.58. The van der Waals surface area contributed by atoms with Crippen LogP contribution in [-0.2, 0) is 9.53 Å². The highest BCUT2D eigenvalue weighted by Crippen LogP contribution is 1.97. The SMILES string of the molecule is COC(=O)[CH]SC. The third kappa shape index (κ3) is 3.66. The van der Waals surface area contributed by atoms with E-state index in [1.54, 1.807) is 6.26 Å². The molecule has 0 bridgehead atoms. The Morgan fingerprint density at radius 3 is 2.57 bits per heavy atom. The predicted octanol–water partition coefficient (Wildman–Crippen LogP) is 0.684. The van der Waals surface area contributed by atoms with Gasteiger partial charge in [0.1, 0.15) is 5.75 Å². The molecule has 0 rings (SSSR count). The fourth-order valence-electron chi connectivity index (χ4n) is 0.144. The summed E-state index contributed by atoms with van der Waals surface area (Å²) < 4.78 is 4.28. The molecule has 1 radical (unpaired) electrons. The van der Waals surface area contributed by atoms with Crippen molar-refractivity contribution in [1.82, 2.24) is 0 Å². The van der Waals surface area contributed by atoms with Crippen molar-refractivity contribution in [1.29, 1.82) is 0 Å². The minimum atomic E-state index is -0.285. The molecule has 2 nitrogen and oxygen atoms in total. The lowest BCUT2D eigenvalue weighted by atomic mass is 10.8. The summed E-state index contributed by atoms with van der Waals surface area (Å²) in [5.74, 6) is 1.12. The van der Waals surface area contributed by atoms with Gasteiger partial charge in [-0.05, 0) is 6.26 Å². The van der Waals surface area contributed by atoms with E-state index in [2.05, 4.69) is 4.74 Å². The first-order valence-corrected chi connectivity index (χ1v) is 3.04. The number of ether oxygens (including phenoxy) is 1. The first-order chi connectivity index (χ1) is 3.31. The van der Waals surface area contributed by atoms with Crippen LogP contribution in [0.25, 0.3) is 0 Å². The molecule has 0 atom stereocenters. The van der Waals surface area contributed by atoms with Gasteiger partial charge < -0.3 is 4.74 Å². The average molecular weight is 119 g/mol. The summed E-state index contributed by atoms with van der Waals surface area (Å²) in [6.07, 6.45) is 1.80. The Bertz CT molecular complexity index is 62.7. The van der Waals surface area contributed by atoms with Gasteiger partial charge in [-0.15, -0.1) is 11.8 Å². The van der Waals surface area contributed by atoms with Crippen LogP contribution in [0.4, 0.5) is 0 Å². The number of rotatable bonds is 2. The molecule has 0 fully saturated rings. The minimum absolute atomic E-state index is 0.285. The first kappa shape index (κ1) is 6.82. The molecule has 0 aliphatic carbocycles. The zero-order chi connectivity index (χ0) is 5.70. The van der Waals surface area contributed by atoms with E-state index in [1.807, 2.05) is 0 Å². The lowest BCUT2D eigenvalue weighted by Gasteiger charge is -1.90. The van der Waals surface area contributed by atoms with Gasteiger partial charge in [-0.25, -0.2) is 0 Å². The molecule has 3 heteroatoms. The van der Waals surface area contributed by atoms with Crippen molar-refractivity contribution in [3.63, 3.8) is 0 Å². The highest BCUT2D eigenvalue weighted by atomic mass is 32.2. The van der Waals surface area contributed by atoms with Crippen LogP contribution in [0.5, 0.6) is 0 Å². The average Bonchev–Trinajstić information content (AvgIpc) is 1.68. The topological polar surface area (TPSA) is 26.3 Å². The Morgan fingerprint density at radius 1 is 1.86 bits per heavy atom. The molecule has 0 aliphatic rings. The third-order valence-corrected chi connectivity index (χ3v) is 0.843. The zero-order valence-corrected chi connectivity index (χ0v) is 5.12. The Labute approximate surface area is 47.2 Å². The first-order valence-electron chi connectivity index (χ1n) is 1.75. The lowest BCUT2D eigenvalue weighted by Crippen LogP contribution is -1.96. The maximum Gasteiger partial charge on any atom is 0.320 e. The van der Waals surface area contributed by atoms with Crippen molar-refractivity contribution in [3.8, 4) is 0 Å².